The van der Waals surface area contributed by atoms with E-state index in [9.17, 15) is 9.59 Å². The highest BCUT2D eigenvalue weighted by Gasteiger charge is 2.45. The van der Waals surface area contributed by atoms with Crippen molar-refractivity contribution in [3.8, 4) is 0 Å². The van der Waals surface area contributed by atoms with Crippen molar-refractivity contribution in [2.75, 3.05) is 6.61 Å². The number of ether oxygens (including phenoxy) is 1. The third-order valence-electron chi connectivity index (χ3n) is 9.09. The van der Waals surface area contributed by atoms with Crippen LogP contribution < -0.4 is 0 Å². The number of allylic oxidation sites excluding steroid dienone is 2. The monoisotopic (exact) mass is 575 g/mol. The van der Waals surface area contributed by atoms with Crippen LogP contribution in [-0.4, -0.2) is 31.7 Å². The first-order valence-electron chi connectivity index (χ1n) is 15.3. The molecule has 0 radical (unpaired) electrons. The predicted octanol–water partition coefficient (Wildman–Crippen LogP) is 9.22. The van der Waals surface area contributed by atoms with Crippen LogP contribution in [0.25, 0.3) is 5.57 Å². The predicted molar refractivity (Wildman–Crippen MR) is 169 cm³/mol. The van der Waals surface area contributed by atoms with Crippen molar-refractivity contribution in [2.45, 2.75) is 118 Å². The maximum absolute atomic E-state index is 14.5. The average molecular weight is 576 g/mol. The number of carbonyl (C=O) groups is 2. The maximum Gasteiger partial charge on any atom is 0.338 e. The second kappa shape index (κ2) is 11.6. The van der Waals surface area contributed by atoms with Gasteiger partial charge in [0.15, 0.2) is 14.1 Å². The standard InChI is InChI=1S/C35H49NO4Si/c1-11-39-33(38)25-18-16-24(17-19-25)32(37)30-28(23-14-12-13-15-23)29-26(36-31(30)22(2)3)20-35(7,8)21-27(29)40-41(9,10)34(4,5)6/h14,16-19,22,27H,11-13,15,20-21H2,1-10H3. The van der Waals surface area contributed by atoms with Crippen LogP contribution in [0.5, 0.6) is 0 Å². The first-order chi connectivity index (χ1) is 19.1. The topological polar surface area (TPSA) is 65.5 Å². The van der Waals surface area contributed by atoms with Gasteiger partial charge in [0.1, 0.15) is 0 Å². The van der Waals surface area contributed by atoms with Crippen molar-refractivity contribution in [3.05, 3.63) is 69.5 Å². The van der Waals surface area contributed by atoms with Gasteiger partial charge in [0.2, 0.25) is 0 Å². The van der Waals surface area contributed by atoms with E-state index in [-0.39, 0.29) is 34.2 Å². The molecule has 41 heavy (non-hydrogen) atoms. The van der Waals surface area contributed by atoms with Crippen LogP contribution in [-0.2, 0) is 15.6 Å². The van der Waals surface area contributed by atoms with Gasteiger partial charge in [-0.25, -0.2) is 4.79 Å². The van der Waals surface area contributed by atoms with E-state index in [4.69, 9.17) is 14.1 Å². The lowest BCUT2D eigenvalue weighted by molar-refractivity contribution is 0.0526. The molecule has 2 aliphatic rings. The van der Waals surface area contributed by atoms with Crippen LogP contribution >= 0.6 is 0 Å². The molecule has 0 fully saturated rings. The lowest BCUT2D eigenvalue weighted by Crippen LogP contribution is -2.44. The summed E-state index contributed by atoms with van der Waals surface area (Å²) in [5.74, 6) is -0.350. The van der Waals surface area contributed by atoms with Crippen LogP contribution in [0.2, 0.25) is 18.1 Å². The second-order valence-electron chi connectivity index (χ2n) is 14.4. The van der Waals surface area contributed by atoms with Gasteiger partial charge < -0.3 is 9.16 Å². The molecule has 222 valence electrons. The van der Waals surface area contributed by atoms with E-state index in [1.807, 2.05) is 0 Å². The smallest absolute Gasteiger partial charge is 0.338 e. The number of benzene rings is 1. The Hall–Kier alpha value is -2.57. The fraction of sp³-hybridized carbons (Fsp3) is 0.571. The fourth-order valence-electron chi connectivity index (χ4n) is 5.91. The normalized spacial score (nSPS) is 18.7. The van der Waals surface area contributed by atoms with Gasteiger partial charge in [0.25, 0.3) is 0 Å². The third kappa shape index (κ3) is 6.44. The molecule has 1 heterocycles. The Morgan fingerprint density at radius 2 is 1.73 bits per heavy atom. The minimum absolute atomic E-state index is 0.0388. The van der Waals surface area contributed by atoms with Crippen LogP contribution in [0.15, 0.2) is 30.3 Å². The van der Waals surface area contributed by atoms with Crippen molar-refractivity contribution < 1.29 is 18.8 Å². The molecular formula is C35H49NO4Si. The Labute approximate surface area is 248 Å². The molecule has 5 nitrogen and oxygen atoms in total. The highest BCUT2D eigenvalue weighted by molar-refractivity contribution is 6.74. The van der Waals surface area contributed by atoms with Crippen molar-refractivity contribution in [1.82, 2.24) is 4.98 Å². The van der Waals surface area contributed by atoms with E-state index in [2.05, 4.69) is 67.6 Å². The number of hydrogen-bond donors (Lipinski definition) is 0. The van der Waals surface area contributed by atoms with E-state index >= 15 is 0 Å². The highest BCUT2D eigenvalue weighted by atomic mass is 28.4. The molecule has 2 aliphatic carbocycles. The number of rotatable bonds is 8. The lowest BCUT2D eigenvalue weighted by atomic mass is 9.71. The number of pyridine rings is 1. The molecule has 0 saturated heterocycles. The molecule has 1 aromatic carbocycles. The zero-order valence-corrected chi connectivity index (χ0v) is 27.9. The first-order valence-corrected chi connectivity index (χ1v) is 18.2. The molecule has 1 unspecified atom stereocenters. The minimum Gasteiger partial charge on any atom is -0.462 e. The van der Waals surface area contributed by atoms with Crippen molar-refractivity contribution >= 4 is 25.6 Å². The summed E-state index contributed by atoms with van der Waals surface area (Å²) in [4.78, 5) is 32.1. The molecule has 2 aromatic rings. The summed E-state index contributed by atoms with van der Waals surface area (Å²) < 4.78 is 12.4. The number of fused-ring (bicyclic) bond motifs is 1. The number of esters is 1. The van der Waals surface area contributed by atoms with E-state index < -0.39 is 8.32 Å². The van der Waals surface area contributed by atoms with Crippen molar-refractivity contribution in [2.24, 2.45) is 5.41 Å². The van der Waals surface area contributed by atoms with Gasteiger partial charge in [-0.1, -0.05) is 66.7 Å². The molecular weight excluding hydrogens is 526 g/mol. The second-order valence-corrected chi connectivity index (χ2v) is 19.2. The van der Waals surface area contributed by atoms with Gasteiger partial charge >= 0.3 is 5.97 Å². The number of aromatic nitrogens is 1. The van der Waals surface area contributed by atoms with Crippen LogP contribution in [0, 0.1) is 5.41 Å². The Kier molecular flexibility index (Phi) is 8.88. The number of hydrogen-bond acceptors (Lipinski definition) is 5. The van der Waals surface area contributed by atoms with Gasteiger partial charge in [-0.2, -0.15) is 0 Å². The zero-order valence-electron chi connectivity index (χ0n) is 26.9. The Morgan fingerprint density at radius 3 is 2.27 bits per heavy atom. The fourth-order valence-corrected chi connectivity index (χ4v) is 7.17. The molecule has 0 spiro atoms. The van der Waals surface area contributed by atoms with E-state index in [1.165, 1.54) is 5.57 Å². The summed E-state index contributed by atoms with van der Waals surface area (Å²) in [6.45, 7) is 22.4. The van der Waals surface area contributed by atoms with E-state index in [0.29, 0.717) is 23.3 Å². The lowest BCUT2D eigenvalue weighted by Gasteiger charge is -2.45. The maximum atomic E-state index is 14.5. The van der Waals surface area contributed by atoms with Crippen LogP contribution in [0.1, 0.15) is 142 Å². The summed E-state index contributed by atoms with van der Waals surface area (Å²) in [5.41, 5.74) is 7.14. The van der Waals surface area contributed by atoms with Gasteiger partial charge in [-0.05, 0) is 91.8 Å². The molecule has 6 heteroatoms. The van der Waals surface area contributed by atoms with Crippen LogP contribution in [0.4, 0.5) is 0 Å². The average Bonchev–Trinajstić information content (AvgIpc) is 3.40. The van der Waals surface area contributed by atoms with Gasteiger partial charge in [0, 0.05) is 16.8 Å². The summed E-state index contributed by atoms with van der Waals surface area (Å²) in [7, 11) is -2.13. The van der Waals surface area contributed by atoms with Crippen molar-refractivity contribution in [1.29, 1.82) is 0 Å². The van der Waals surface area contributed by atoms with Crippen molar-refractivity contribution in [3.63, 3.8) is 0 Å². The zero-order chi connectivity index (χ0) is 30.3. The molecule has 1 aromatic heterocycles. The Balaban J connectivity index is 1.96. The summed E-state index contributed by atoms with van der Waals surface area (Å²) in [5, 5.41) is 0.0617. The largest absolute Gasteiger partial charge is 0.462 e. The van der Waals surface area contributed by atoms with E-state index in [1.54, 1.807) is 31.2 Å². The molecule has 0 amide bonds. The molecule has 0 bridgehead atoms. The van der Waals surface area contributed by atoms with Gasteiger partial charge in [-0.15, -0.1) is 0 Å². The van der Waals surface area contributed by atoms with Crippen LogP contribution in [0.3, 0.4) is 0 Å². The molecule has 0 aliphatic heterocycles. The number of ketones is 1. The quantitative estimate of drug-likeness (QED) is 0.178. The number of nitrogens with zero attached hydrogens (tertiary/aromatic N) is 1. The van der Waals surface area contributed by atoms with E-state index in [0.717, 1.165) is 54.6 Å². The molecule has 1 atom stereocenters. The first kappa shape index (κ1) is 31.4. The molecule has 4 rings (SSSR count). The van der Waals surface area contributed by atoms with Gasteiger partial charge in [-0.3, -0.25) is 9.78 Å². The van der Waals surface area contributed by atoms with Gasteiger partial charge in [0.05, 0.1) is 29.5 Å². The minimum atomic E-state index is -2.13. The molecule has 0 saturated carbocycles. The summed E-state index contributed by atoms with van der Waals surface area (Å²) in [6.07, 6.45) is 7.03. The SMILES string of the molecule is CCOC(=O)c1ccc(C(=O)c2c(C(C)C)nc3c(c2C2=CCCC2)C(O[Si](C)(C)C(C)(C)C)CC(C)(C)C3)cc1. The number of carbonyl (C=O) groups excluding carboxylic acids is 2. The third-order valence-corrected chi connectivity index (χ3v) is 13.6. The Bertz CT molecular complexity index is 1350. The highest BCUT2D eigenvalue weighted by Crippen LogP contribution is 2.51. The Morgan fingerprint density at radius 1 is 1.10 bits per heavy atom. The molecule has 0 N–H and O–H groups in total. The summed E-state index contributed by atoms with van der Waals surface area (Å²) >= 11 is 0. The summed E-state index contributed by atoms with van der Waals surface area (Å²) in [6, 6.07) is 6.87.